The standard InChI is InChI=1S/C15H17F4N3O/c1-3-22(4-2)9(10-6-5-7-23-10)8-20-13-11(16)14(18)21-15(19)12(13)17/h5-7,9H,3-4,8H2,1-2H3,(H,20,21). The molecule has 0 bridgehead atoms. The van der Waals surface area contributed by atoms with Gasteiger partial charge in [0.05, 0.1) is 12.3 Å². The number of likely N-dealkylation sites (N-methyl/N-ethyl adjacent to an activating group) is 1. The van der Waals surface area contributed by atoms with Crippen LogP contribution in [-0.2, 0) is 0 Å². The molecule has 2 rings (SSSR count). The molecule has 2 aromatic rings. The van der Waals surface area contributed by atoms with Crippen molar-refractivity contribution in [1.82, 2.24) is 9.88 Å². The quantitative estimate of drug-likeness (QED) is 0.620. The summed E-state index contributed by atoms with van der Waals surface area (Å²) in [5.41, 5.74) is -0.876. The van der Waals surface area contributed by atoms with Gasteiger partial charge >= 0.3 is 0 Å². The molecule has 0 aliphatic rings. The zero-order valence-corrected chi connectivity index (χ0v) is 12.7. The zero-order chi connectivity index (χ0) is 17.0. The minimum absolute atomic E-state index is 0.00588. The van der Waals surface area contributed by atoms with Crippen LogP contribution in [0.15, 0.2) is 22.8 Å². The molecule has 0 saturated heterocycles. The normalized spacial score (nSPS) is 12.7. The Morgan fingerprint density at radius 2 is 1.74 bits per heavy atom. The van der Waals surface area contributed by atoms with Crippen LogP contribution in [0.3, 0.4) is 0 Å². The van der Waals surface area contributed by atoms with Gasteiger partial charge in [-0.1, -0.05) is 13.8 Å². The third kappa shape index (κ3) is 3.64. The van der Waals surface area contributed by atoms with E-state index in [1.807, 2.05) is 18.7 Å². The Morgan fingerprint density at radius 3 is 2.22 bits per heavy atom. The third-order valence-electron chi connectivity index (χ3n) is 3.59. The van der Waals surface area contributed by atoms with E-state index in [-0.39, 0.29) is 12.6 Å². The Balaban J connectivity index is 2.26. The number of pyridine rings is 1. The first kappa shape index (κ1) is 17.3. The highest BCUT2D eigenvalue weighted by molar-refractivity contribution is 5.45. The van der Waals surface area contributed by atoms with Crippen molar-refractivity contribution in [3.8, 4) is 0 Å². The van der Waals surface area contributed by atoms with Crippen molar-refractivity contribution in [2.75, 3.05) is 25.0 Å². The van der Waals surface area contributed by atoms with Crippen molar-refractivity contribution >= 4 is 5.69 Å². The molecule has 0 aliphatic heterocycles. The van der Waals surface area contributed by atoms with Gasteiger partial charge in [0.1, 0.15) is 11.4 Å². The molecule has 1 N–H and O–H groups in total. The van der Waals surface area contributed by atoms with Crippen molar-refractivity contribution in [2.45, 2.75) is 19.9 Å². The van der Waals surface area contributed by atoms with Gasteiger partial charge in [0, 0.05) is 6.54 Å². The van der Waals surface area contributed by atoms with Crippen LogP contribution >= 0.6 is 0 Å². The Kier molecular flexibility index (Phi) is 5.59. The maximum atomic E-state index is 13.7. The van der Waals surface area contributed by atoms with E-state index in [9.17, 15) is 17.6 Å². The summed E-state index contributed by atoms with van der Waals surface area (Å²) in [4.78, 5) is 4.51. The van der Waals surface area contributed by atoms with Gasteiger partial charge in [0.25, 0.3) is 11.9 Å². The molecule has 1 unspecified atom stereocenters. The Morgan fingerprint density at radius 1 is 1.13 bits per heavy atom. The predicted molar refractivity (Wildman–Crippen MR) is 76.9 cm³/mol. The summed E-state index contributed by atoms with van der Waals surface area (Å²) in [6, 6.07) is 3.07. The van der Waals surface area contributed by atoms with Crippen molar-refractivity contribution in [3.63, 3.8) is 0 Å². The summed E-state index contributed by atoms with van der Waals surface area (Å²) in [6.45, 7) is 5.17. The van der Waals surface area contributed by atoms with Crippen LogP contribution < -0.4 is 5.32 Å². The van der Waals surface area contributed by atoms with Crippen molar-refractivity contribution in [3.05, 3.63) is 47.7 Å². The summed E-state index contributed by atoms with van der Waals surface area (Å²) in [6.07, 6.45) is 1.48. The molecule has 8 heteroatoms. The van der Waals surface area contributed by atoms with Crippen LogP contribution in [0.4, 0.5) is 23.2 Å². The largest absolute Gasteiger partial charge is 0.468 e. The molecule has 0 fully saturated rings. The first-order valence-corrected chi connectivity index (χ1v) is 7.20. The van der Waals surface area contributed by atoms with Crippen LogP contribution in [0.5, 0.6) is 0 Å². The second-order valence-electron chi connectivity index (χ2n) is 4.83. The molecule has 0 aliphatic carbocycles. The van der Waals surface area contributed by atoms with Crippen molar-refractivity contribution < 1.29 is 22.0 Å². The fourth-order valence-corrected chi connectivity index (χ4v) is 2.40. The molecule has 0 saturated carbocycles. The summed E-state index contributed by atoms with van der Waals surface area (Å²) in [5.74, 6) is -5.91. The highest BCUT2D eigenvalue weighted by Gasteiger charge is 2.24. The average molecular weight is 331 g/mol. The SMILES string of the molecule is CCN(CC)C(CNc1c(F)c(F)nc(F)c1F)c1ccco1. The van der Waals surface area contributed by atoms with Crippen LogP contribution in [0.25, 0.3) is 0 Å². The van der Waals surface area contributed by atoms with E-state index >= 15 is 0 Å². The smallest absolute Gasteiger partial charge is 0.253 e. The molecule has 4 nitrogen and oxygen atoms in total. The summed E-state index contributed by atoms with van der Waals surface area (Å²) >= 11 is 0. The number of aromatic nitrogens is 1. The molecule has 0 radical (unpaired) electrons. The maximum Gasteiger partial charge on any atom is 0.253 e. The summed E-state index contributed by atoms with van der Waals surface area (Å²) in [5, 5.41) is 2.43. The van der Waals surface area contributed by atoms with Gasteiger partial charge in [-0.25, -0.2) is 0 Å². The Hall–Kier alpha value is -2.09. The number of nitrogens with zero attached hydrogens (tertiary/aromatic N) is 2. The minimum Gasteiger partial charge on any atom is -0.468 e. The van der Waals surface area contributed by atoms with Crippen LogP contribution in [-0.4, -0.2) is 29.5 Å². The third-order valence-corrected chi connectivity index (χ3v) is 3.59. The van der Waals surface area contributed by atoms with Gasteiger partial charge in [-0.2, -0.15) is 22.5 Å². The number of nitrogens with one attached hydrogen (secondary N) is 1. The van der Waals surface area contributed by atoms with Gasteiger partial charge < -0.3 is 9.73 Å². The van der Waals surface area contributed by atoms with E-state index < -0.39 is 29.2 Å². The minimum atomic E-state index is -1.69. The maximum absolute atomic E-state index is 13.7. The van der Waals surface area contributed by atoms with Gasteiger partial charge in [0.15, 0.2) is 0 Å². The lowest BCUT2D eigenvalue weighted by atomic mass is 10.1. The summed E-state index contributed by atoms with van der Waals surface area (Å²) < 4.78 is 59.0. The molecule has 0 aromatic carbocycles. The number of furan rings is 1. The highest BCUT2D eigenvalue weighted by Crippen LogP contribution is 2.25. The fraction of sp³-hybridized carbons (Fsp3) is 0.400. The van der Waals surface area contributed by atoms with Gasteiger partial charge in [0.2, 0.25) is 11.6 Å². The second kappa shape index (κ2) is 7.45. The first-order chi connectivity index (χ1) is 11.0. The van der Waals surface area contributed by atoms with E-state index in [2.05, 4.69) is 10.3 Å². The zero-order valence-electron chi connectivity index (χ0n) is 12.7. The molecule has 23 heavy (non-hydrogen) atoms. The Labute approximate surface area is 131 Å². The van der Waals surface area contributed by atoms with E-state index in [1.54, 1.807) is 12.1 Å². The molecular weight excluding hydrogens is 314 g/mol. The number of rotatable bonds is 7. The van der Waals surface area contributed by atoms with Crippen LogP contribution in [0, 0.1) is 23.5 Å². The van der Waals surface area contributed by atoms with Gasteiger partial charge in [-0.05, 0) is 25.2 Å². The van der Waals surface area contributed by atoms with E-state index in [4.69, 9.17) is 4.42 Å². The molecule has 0 spiro atoms. The monoisotopic (exact) mass is 331 g/mol. The van der Waals surface area contributed by atoms with E-state index in [0.717, 1.165) is 0 Å². The van der Waals surface area contributed by atoms with E-state index in [1.165, 1.54) is 6.26 Å². The molecule has 1 atom stereocenters. The lowest BCUT2D eigenvalue weighted by molar-refractivity contribution is 0.201. The summed E-state index contributed by atoms with van der Waals surface area (Å²) in [7, 11) is 0. The lowest BCUT2D eigenvalue weighted by Gasteiger charge is -2.28. The van der Waals surface area contributed by atoms with Crippen molar-refractivity contribution in [1.29, 1.82) is 0 Å². The van der Waals surface area contributed by atoms with Crippen LogP contribution in [0.1, 0.15) is 25.6 Å². The van der Waals surface area contributed by atoms with E-state index in [0.29, 0.717) is 18.8 Å². The number of hydrogen-bond acceptors (Lipinski definition) is 4. The molecule has 126 valence electrons. The first-order valence-electron chi connectivity index (χ1n) is 7.20. The molecule has 2 heterocycles. The van der Waals surface area contributed by atoms with Gasteiger partial charge in [-0.15, -0.1) is 0 Å². The number of anilines is 1. The van der Waals surface area contributed by atoms with Crippen LogP contribution in [0.2, 0.25) is 0 Å². The number of hydrogen-bond donors (Lipinski definition) is 1. The second-order valence-corrected chi connectivity index (χ2v) is 4.83. The van der Waals surface area contributed by atoms with Gasteiger partial charge in [-0.3, -0.25) is 4.90 Å². The highest BCUT2D eigenvalue weighted by atomic mass is 19.2. The topological polar surface area (TPSA) is 41.3 Å². The number of halogens is 4. The molecule has 2 aromatic heterocycles. The average Bonchev–Trinajstić information content (AvgIpc) is 3.06. The van der Waals surface area contributed by atoms with Crippen molar-refractivity contribution in [2.24, 2.45) is 0 Å². The fourth-order valence-electron chi connectivity index (χ4n) is 2.40. The Bertz CT molecular complexity index is 618. The molecular formula is C15H17F4N3O. The predicted octanol–water partition coefficient (Wildman–Crippen LogP) is 3.73. The molecule has 0 amide bonds. The lowest BCUT2D eigenvalue weighted by Crippen LogP contribution is -2.33.